The zero-order chi connectivity index (χ0) is 15.0. The van der Waals surface area contributed by atoms with Crippen molar-refractivity contribution in [2.45, 2.75) is 37.9 Å². The van der Waals surface area contributed by atoms with Gasteiger partial charge in [-0.05, 0) is 38.4 Å². The second-order valence-electron chi connectivity index (χ2n) is 6.12. The minimum Gasteiger partial charge on any atom is -0.494 e. The Hall–Kier alpha value is -0.260. The van der Waals surface area contributed by atoms with E-state index in [1.807, 2.05) is 0 Å². The third-order valence-corrected chi connectivity index (χ3v) is 5.34. The van der Waals surface area contributed by atoms with E-state index in [1.54, 1.807) is 12.1 Å². The van der Waals surface area contributed by atoms with Gasteiger partial charge in [-0.15, -0.1) is 24.8 Å². The van der Waals surface area contributed by atoms with Gasteiger partial charge >= 0.3 is 0 Å². The molecule has 2 atom stereocenters. The fraction of sp³-hybridized carbons (Fsp3) is 0.625. The molecule has 2 fully saturated rings. The number of ether oxygens (including phenoxy) is 1. The Morgan fingerprint density at radius 3 is 2.61 bits per heavy atom. The summed E-state index contributed by atoms with van der Waals surface area (Å²) in [4.78, 5) is 4.81. The van der Waals surface area contributed by atoms with Gasteiger partial charge in [0.1, 0.15) is 0 Å². The van der Waals surface area contributed by atoms with Crippen molar-refractivity contribution in [3.8, 4) is 5.75 Å². The van der Waals surface area contributed by atoms with Crippen LogP contribution in [0.4, 0.5) is 4.39 Å². The number of rotatable bonds is 3. The molecule has 0 spiro atoms. The summed E-state index contributed by atoms with van der Waals surface area (Å²) in [5.41, 5.74) is 0.552. The standard InChI is InChI=1S/C16H22ClFN2O.2ClH/c1-19-11-3-4-12(19)9-20(8-7-11)10-13-14(17)5-6-15(21-2)16(13)18;;/h5-6,11-12H,3-4,7-10H2,1-2H3;2*1H/t11-,12+;;/m0../s1. The fourth-order valence-electron chi connectivity index (χ4n) is 3.63. The maximum atomic E-state index is 14.4. The predicted octanol–water partition coefficient (Wildman–Crippen LogP) is 4.00. The average molecular weight is 386 g/mol. The van der Waals surface area contributed by atoms with E-state index in [9.17, 15) is 4.39 Å². The predicted molar refractivity (Wildman–Crippen MR) is 96.9 cm³/mol. The Morgan fingerprint density at radius 2 is 1.91 bits per heavy atom. The lowest BCUT2D eigenvalue weighted by atomic mass is 10.1. The van der Waals surface area contributed by atoms with Crippen LogP contribution in [0.25, 0.3) is 0 Å². The molecule has 1 aromatic rings. The minimum atomic E-state index is -0.326. The molecular formula is C16H24Cl3FN2O. The van der Waals surface area contributed by atoms with E-state index in [1.165, 1.54) is 20.0 Å². The van der Waals surface area contributed by atoms with Gasteiger partial charge in [0.25, 0.3) is 0 Å². The van der Waals surface area contributed by atoms with E-state index in [2.05, 4.69) is 16.8 Å². The van der Waals surface area contributed by atoms with Gasteiger partial charge in [-0.1, -0.05) is 11.6 Å². The molecule has 2 bridgehead atoms. The molecule has 1 aromatic carbocycles. The van der Waals surface area contributed by atoms with Crippen LogP contribution in [0.3, 0.4) is 0 Å². The molecule has 2 heterocycles. The molecule has 132 valence electrons. The van der Waals surface area contributed by atoms with Crippen molar-refractivity contribution in [2.24, 2.45) is 0 Å². The van der Waals surface area contributed by atoms with Crippen molar-refractivity contribution in [3.63, 3.8) is 0 Å². The Kier molecular flexibility index (Phi) is 7.88. The van der Waals surface area contributed by atoms with Crippen LogP contribution in [0.15, 0.2) is 12.1 Å². The molecule has 3 nitrogen and oxygen atoms in total. The molecule has 7 heteroatoms. The lowest BCUT2D eigenvalue weighted by Gasteiger charge is -2.26. The van der Waals surface area contributed by atoms with Gasteiger partial charge in [0.05, 0.1) is 7.11 Å². The Labute approximate surface area is 154 Å². The normalized spacial score (nSPS) is 24.5. The zero-order valence-corrected chi connectivity index (χ0v) is 15.8. The number of fused-ring (bicyclic) bond motifs is 2. The first-order valence-corrected chi connectivity index (χ1v) is 7.93. The van der Waals surface area contributed by atoms with Crippen molar-refractivity contribution in [3.05, 3.63) is 28.5 Å². The van der Waals surface area contributed by atoms with Crippen LogP contribution in [0.5, 0.6) is 5.75 Å². The van der Waals surface area contributed by atoms with Gasteiger partial charge < -0.3 is 4.74 Å². The van der Waals surface area contributed by atoms with Crippen molar-refractivity contribution < 1.29 is 9.13 Å². The summed E-state index contributed by atoms with van der Waals surface area (Å²) in [6.45, 7) is 2.54. The van der Waals surface area contributed by atoms with Gasteiger partial charge in [0.15, 0.2) is 11.6 Å². The first-order valence-electron chi connectivity index (χ1n) is 7.55. The highest BCUT2D eigenvalue weighted by atomic mass is 35.5. The lowest BCUT2D eigenvalue weighted by Crippen LogP contribution is -2.36. The third kappa shape index (κ3) is 4.23. The summed E-state index contributed by atoms with van der Waals surface area (Å²) in [5.74, 6) is -0.0596. The second kappa shape index (κ2) is 8.72. The molecule has 0 radical (unpaired) electrons. The van der Waals surface area contributed by atoms with Gasteiger partial charge in [-0.2, -0.15) is 0 Å². The number of likely N-dealkylation sites (N-methyl/N-ethyl adjacent to an activating group) is 1. The van der Waals surface area contributed by atoms with E-state index < -0.39 is 0 Å². The summed E-state index contributed by atoms with van der Waals surface area (Å²) in [6.07, 6.45) is 3.69. The van der Waals surface area contributed by atoms with Gasteiger partial charge in [-0.3, -0.25) is 9.80 Å². The molecule has 0 aliphatic carbocycles. The summed E-state index contributed by atoms with van der Waals surface area (Å²) in [7, 11) is 3.70. The lowest BCUT2D eigenvalue weighted by molar-refractivity contribution is 0.213. The first-order chi connectivity index (χ1) is 10.1. The van der Waals surface area contributed by atoms with E-state index in [0.29, 0.717) is 29.2 Å². The molecule has 0 saturated carbocycles. The van der Waals surface area contributed by atoms with Crippen molar-refractivity contribution in [2.75, 3.05) is 27.2 Å². The van der Waals surface area contributed by atoms with Gasteiger partial charge in [-0.25, -0.2) is 4.39 Å². The number of nitrogens with zero attached hydrogens (tertiary/aromatic N) is 2. The van der Waals surface area contributed by atoms with E-state index in [0.717, 1.165) is 19.5 Å². The van der Waals surface area contributed by atoms with Crippen molar-refractivity contribution in [1.29, 1.82) is 0 Å². The monoisotopic (exact) mass is 384 g/mol. The number of benzene rings is 1. The minimum absolute atomic E-state index is 0. The van der Waals surface area contributed by atoms with E-state index in [-0.39, 0.29) is 36.4 Å². The Morgan fingerprint density at radius 1 is 1.22 bits per heavy atom. The number of halogens is 4. The number of hydrogen-bond donors (Lipinski definition) is 0. The van der Waals surface area contributed by atoms with Crippen molar-refractivity contribution >= 4 is 36.4 Å². The molecule has 0 aromatic heterocycles. The molecule has 0 unspecified atom stereocenters. The maximum Gasteiger partial charge on any atom is 0.171 e. The molecule has 2 saturated heterocycles. The largest absolute Gasteiger partial charge is 0.494 e. The Bertz CT molecular complexity index is 532. The highest BCUT2D eigenvalue weighted by Gasteiger charge is 2.34. The van der Waals surface area contributed by atoms with Crippen molar-refractivity contribution in [1.82, 2.24) is 9.80 Å². The van der Waals surface area contributed by atoms with Crippen LogP contribution in [-0.2, 0) is 6.54 Å². The van der Waals surface area contributed by atoms with Gasteiger partial charge in [0, 0.05) is 42.3 Å². The molecule has 2 aliphatic rings. The van der Waals surface area contributed by atoms with Crippen LogP contribution in [0.1, 0.15) is 24.8 Å². The average Bonchev–Trinajstić information content (AvgIpc) is 2.71. The second-order valence-corrected chi connectivity index (χ2v) is 6.52. The summed E-state index contributed by atoms with van der Waals surface area (Å²) >= 11 is 6.19. The first kappa shape index (κ1) is 20.8. The van der Waals surface area contributed by atoms with Crippen LogP contribution in [0, 0.1) is 5.82 Å². The quantitative estimate of drug-likeness (QED) is 0.782. The van der Waals surface area contributed by atoms with Crippen LogP contribution in [-0.4, -0.2) is 49.1 Å². The summed E-state index contributed by atoms with van der Waals surface area (Å²) in [5, 5.41) is 0.482. The zero-order valence-electron chi connectivity index (χ0n) is 13.4. The summed E-state index contributed by atoms with van der Waals surface area (Å²) in [6, 6.07) is 4.57. The molecule has 0 amide bonds. The number of hydrogen-bond acceptors (Lipinski definition) is 3. The molecule has 3 rings (SSSR count). The molecule has 23 heavy (non-hydrogen) atoms. The molecule has 0 N–H and O–H groups in total. The van der Waals surface area contributed by atoms with Crippen LogP contribution in [0.2, 0.25) is 5.02 Å². The molecule has 2 aliphatic heterocycles. The van der Waals surface area contributed by atoms with Gasteiger partial charge in [0.2, 0.25) is 0 Å². The Balaban J connectivity index is 0.00000132. The third-order valence-electron chi connectivity index (χ3n) is 4.98. The topological polar surface area (TPSA) is 15.7 Å². The highest BCUT2D eigenvalue weighted by molar-refractivity contribution is 6.31. The fourth-order valence-corrected chi connectivity index (χ4v) is 3.83. The number of methoxy groups -OCH3 is 1. The van der Waals surface area contributed by atoms with E-state index in [4.69, 9.17) is 16.3 Å². The highest BCUT2D eigenvalue weighted by Crippen LogP contribution is 2.32. The maximum absolute atomic E-state index is 14.4. The summed E-state index contributed by atoms with van der Waals surface area (Å²) < 4.78 is 19.5. The molecular weight excluding hydrogens is 362 g/mol. The van der Waals surface area contributed by atoms with Crippen LogP contribution < -0.4 is 4.74 Å². The SMILES string of the molecule is COc1ccc(Cl)c(CN2CC[C@@H]3CC[C@H](C2)N3C)c1F.Cl.Cl. The van der Waals surface area contributed by atoms with E-state index >= 15 is 0 Å². The smallest absolute Gasteiger partial charge is 0.171 e. The number of likely N-dealkylation sites (tertiary alicyclic amines) is 1. The van der Waals surface area contributed by atoms with Crippen LogP contribution >= 0.6 is 36.4 Å².